The number of ether oxygens (including phenoxy) is 1. The Morgan fingerprint density at radius 3 is 2.50 bits per heavy atom. The molecule has 2 aromatic rings. The molecule has 0 radical (unpaired) electrons. The van der Waals surface area contributed by atoms with Gasteiger partial charge in [0.05, 0.1) is 5.69 Å². The second kappa shape index (κ2) is 5.36. The maximum atomic E-state index is 5.34. The number of aryl methyl sites for hydroxylation is 3. The van der Waals surface area contributed by atoms with Gasteiger partial charge in [0.2, 0.25) is 11.7 Å². The quantitative estimate of drug-likeness (QED) is 0.837. The summed E-state index contributed by atoms with van der Waals surface area (Å²) in [5.41, 5.74) is 2.96. The summed E-state index contributed by atoms with van der Waals surface area (Å²) in [5.74, 6) is 1.21. The normalized spacial score (nSPS) is 12.1. The monoisotopic (exact) mass is 278 g/mol. The molecule has 0 fully saturated rings. The Hall–Kier alpha value is -1.69. The second-order valence-corrected chi connectivity index (χ2v) is 5.50. The topological polar surface area (TPSA) is 66.0 Å². The van der Waals surface area contributed by atoms with Crippen LogP contribution in [0.4, 0.5) is 0 Å². The van der Waals surface area contributed by atoms with Crippen LogP contribution in [0.25, 0.3) is 0 Å². The fourth-order valence-corrected chi connectivity index (χ4v) is 2.10. The number of aromatic nitrogens is 4. The first-order valence-electron chi connectivity index (χ1n) is 6.72. The molecule has 0 atom stereocenters. The first kappa shape index (κ1) is 14.7. The van der Waals surface area contributed by atoms with Gasteiger partial charge < -0.3 is 9.26 Å². The minimum absolute atomic E-state index is 0.526. The highest BCUT2D eigenvalue weighted by molar-refractivity contribution is 5.24. The average Bonchev–Trinajstić information content (AvgIpc) is 2.95. The van der Waals surface area contributed by atoms with E-state index in [0.717, 1.165) is 12.1 Å². The Labute approximate surface area is 119 Å². The van der Waals surface area contributed by atoms with Crippen LogP contribution in [-0.2, 0) is 30.2 Å². The van der Waals surface area contributed by atoms with Crippen molar-refractivity contribution >= 4 is 0 Å². The van der Waals surface area contributed by atoms with E-state index in [2.05, 4.69) is 22.2 Å². The number of methoxy groups -OCH3 is 1. The van der Waals surface area contributed by atoms with Crippen LogP contribution in [0, 0.1) is 13.8 Å². The van der Waals surface area contributed by atoms with Crippen molar-refractivity contribution < 1.29 is 9.26 Å². The van der Waals surface area contributed by atoms with Gasteiger partial charge in [-0.1, -0.05) is 5.16 Å². The third-order valence-electron chi connectivity index (χ3n) is 3.76. The maximum Gasteiger partial charge on any atom is 0.227 e. The number of hydrogen-bond acceptors (Lipinski definition) is 5. The number of rotatable bonds is 5. The Bertz CT molecular complexity index is 598. The van der Waals surface area contributed by atoms with Gasteiger partial charge in [-0.3, -0.25) is 4.68 Å². The lowest BCUT2D eigenvalue weighted by molar-refractivity contribution is 0.00973. The smallest absolute Gasteiger partial charge is 0.227 e. The standard InChI is InChI=1S/C14H22N4O2/c1-9-11(10(2)18(5)16-9)7-8-12-15-13(17-20-12)14(3,4)19-6/h7-8H2,1-6H3. The molecule has 0 amide bonds. The molecule has 0 aliphatic heterocycles. The maximum absolute atomic E-state index is 5.34. The van der Waals surface area contributed by atoms with Gasteiger partial charge in [0, 0.05) is 26.3 Å². The van der Waals surface area contributed by atoms with E-state index in [9.17, 15) is 0 Å². The molecule has 110 valence electrons. The summed E-state index contributed by atoms with van der Waals surface area (Å²) in [6, 6.07) is 0. The number of hydrogen-bond donors (Lipinski definition) is 0. The lowest BCUT2D eigenvalue weighted by atomic mass is 10.1. The van der Waals surface area contributed by atoms with Crippen LogP contribution in [0.15, 0.2) is 4.52 Å². The van der Waals surface area contributed by atoms with E-state index in [0.29, 0.717) is 18.1 Å². The van der Waals surface area contributed by atoms with Gasteiger partial charge in [0.25, 0.3) is 0 Å². The fourth-order valence-electron chi connectivity index (χ4n) is 2.10. The third-order valence-corrected chi connectivity index (χ3v) is 3.76. The van der Waals surface area contributed by atoms with Gasteiger partial charge in [0.1, 0.15) is 5.60 Å². The minimum atomic E-state index is -0.526. The highest BCUT2D eigenvalue weighted by Gasteiger charge is 2.26. The van der Waals surface area contributed by atoms with Crippen molar-refractivity contribution in [1.82, 2.24) is 19.9 Å². The van der Waals surface area contributed by atoms with Crippen molar-refractivity contribution in [2.24, 2.45) is 7.05 Å². The van der Waals surface area contributed by atoms with Crippen molar-refractivity contribution in [2.75, 3.05) is 7.11 Å². The van der Waals surface area contributed by atoms with Crippen LogP contribution in [0.3, 0.4) is 0 Å². The molecule has 2 rings (SSSR count). The van der Waals surface area contributed by atoms with Crippen LogP contribution in [-0.4, -0.2) is 27.0 Å². The molecule has 0 saturated carbocycles. The zero-order valence-electron chi connectivity index (χ0n) is 13.0. The molecule has 0 aliphatic rings. The van der Waals surface area contributed by atoms with E-state index in [1.807, 2.05) is 32.5 Å². The molecule has 0 bridgehead atoms. The van der Waals surface area contributed by atoms with Crippen molar-refractivity contribution in [3.8, 4) is 0 Å². The molecular formula is C14H22N4O2. The zero-order valence-corrected chi connectivity index (χ0v) is 13.0. The van der Waals surface area contributed by atoms with Crippen LogP contribution in [0.1, 0.15) is 42.5 Å². The summed E-state index contributed by atoms with van der Waals surface area (Å²) in [5, 5.41) is 8.40. The summed E-state index contributed by atoms with van der Waals surface area (Å²) in [6.45, 7) is 7.92. The van der Waals surface area contributed by atoms with E-state index in [4.69, 9.17) is 9.26 Å². The van der Waals surface area contributed by atoms with E-state index in [1.165, 1.54) is 11.3 Å². The first-order chi connectivity index (χ1) is 9.35. The highest BCUT2D eigenvalue weighted by atomic mass is 16.5. The molecule has 0 N–H and O–H groups in total. The van der Waals surface area contributed by atoms with Crippen LogP contribution in [0.5, 0.6) is 0 Å². The van der Waals surface area contributed by atoms with Gasteiger partial charge in [-0.2, -0.15) is 10.1 Å². The van der Waals surface area contributed by atoms with Crippen LogP contribution >= 0.6 is 0 Å². The molecule has 0 saturated heterocycles. The van der Waals surface area contributed by atoms with Crippen molar-refractivity contribution in [3.63, 3.8) is 0 Å². The molecule has 0 aromatic carbocycles. The largest absolute Gasteiger partial charge is 0.371 e. The SMILES string of the molecule is COC(C)(C)c1noc(CCc2c(C)nn(C)c2C)n1. The van der Waals surface area contributed by atoms with Gasteiger partial charge in [0.15, 0.2) is 0 Å². The predicted molar refractivity (Wildman–Crippen MR) is 74.4 cm³/mol. The predicted octanol–water partition coefficient (Wildman–Crippen LogP) is 2.09. The first-order valence-corrected chi connectivity index (χ1v) is 6.72. The number of nitrogens with zero attached hydrogens (tertiary/aromatic N) is 4. The molecule has 6 nitrogen and oxygen atoms in total. The zero-order chi connectivity index (χ0) is 14.9. The van der Waals surface area contributed by atoms with E-state index in [-0.39, 0.29) is 0 Å². The van der Waals surface area contributed by atoms with E-state index >= 15 is 0 Å². The summed E-state index contributed by atoms with van der Waals surface area (Å²) in [7, 11) is 3.59. The van der Waals surface area contributed by atoms with E-state index in [1.54, 1.807) is 7.11 Å². The Morgan fingerprint density at radius 1 is 1.25 bits per heavy atom. The average molecular weight is 278 g/mol. The molecular weight excluding hydrogens is 256 g/mol. The molecule has 2 heterocycles. The Morgan fingerprint density at radius 2 is 1.95 bits per heavy atom. The van der Waals surface area contributed by atoms with Crippen LogP contribution in [0.2, 0.25) is 0 Å². The second-order valence-electron chi connectivity index (χ2n) is 5.50. The summed E-state index contributed by atoms with van der Waals surface area (Å²) < 4.78 is 12.5. The van der Waals surface area contributed by atoms with Crippen molar-refractivity contribution in [1.29, 1.82) is 0 Å². The lowest BCUT2D eigenvalue weighted by Crippen LogP contribution is -2.21. The molecule has 0 aliphatic carbocycles. The van der Waals surface area contributed by atoms with Gasteiger partial charge in [-0.05, 0) is 39.7 Å². The van der Waals surface area contributed by atoms with Gasteiger partial charge in [-0.15, -0.1) is 0 Å². The van der Waals surface area contributed by atoms with Gasteiger partial charge >= 0.3 is 0 Å². The molecule has 0 unspecified atom stereocenters. The van der Waals surface area contributed by atoms with E-state index < -0.39 is 5.60 Å². The third kappa shape index (κ3) is 2.75. The van der Waals surface area contributed by atoms with Crippen LogP contribution < -0.4 is 0 Å². The highest BCUT2D eigenvalue weighted by Crippen LogP contribution is 2.21. The summed E-state index contributed by atoms with van der Waals surface area (Å²) >= 11 is 0. The van der Waals surface area contributed by atoms with Crippen molar-refractivity contribution in [2.45, 2.75) is 46.1 Å². The van der Waals surface area contributed by atoms with Gasteiger partial charge in [-0.25, -0.2) is 0 Å². The molecule has 0 spiro atoms. The Kier molecular flexibility index (Phi) is 3.94. The fraction of sp³-hybridized carbons (Fsp3) is 0.643. The summed E-state index contributed by atoms with van der Waals surface area (Å²) in [6.07, 6.45) is 1.56. The molecule has 6 heteroatoms. The Balaban J connectivity index is 2.09. The summed E-state index contributed by atoms with van der Waals surface area (Å²) in [4.78, 5) is 4.40. The van der Waals surface area contributed by atoms with Crippen molar-refractivity contribution in [3.05, 3.63) is 28.7 Å². The minimum Gasteiger partial charge on any atom is -0.371 e. The lowest BCUT2D eigenvalue weighted by Gasteiger charge is -2.17. The molecule has 20 heavy (non-hydrogen) atoms. The molecule has 2 aromatic heterocycles.